The van der Waals surface area contributed by atoms with Crippen LogP contribution in [0, 0.1) is 29.1 Å². The number of unbranched alkanes of at least 4 members (excludes halogenated alkanes) is 1. The highest BCUT2D eigenvalue weighted by atomic mass is 19.2. The molecule has 6 heteroatoms. The van der Waals surface area contributed by atoms with E-state index in [0.29, 0.717) is 16.7 Å². The first kappa shape index (κ1) is 26.4. The molecule has 0 spiro atoms. The van der Waals surface area contributed by atoms with Crippen LogP contribution >= 0.6 is 0 Å². The van der Waals surface area contributed by atoms with Gasteiger partial charge in [-0.2, -0.15) is 0 Å². The lowest BCUT2D eigenvalue weighted by molar-refractivity contribution is 0.274. The van der Waals surface area contributed by atoms with E-state index < -0.39 is 34.8 Å². The Morgan fingerprint density at radius 3 is 1.74 bits per heavy atom. The maximum absolute atomic E-state index is 14.9. The number of hydrogen-bond acceptors (Lipinski definition) is 1. The van der Waals surface area contributed by atoms with Crippen LogP contribution in [0.2, 0.25) is 0 Å². The minimum Gasteiger partial charge on any atom is -0.483 e. The van der Waals surface area contributed by atoms with E-state index in [1.807, 2.05) is 24.3 Å². The highest BCUT2D eigenvalue weighted by molar-refractivity contribution is 5.84. The van der Waals surface area contributed by atoms with Crippen molar-refractivity contribution in [2.45, 2.75) is 32.8 Å². The Morgan fingerprint density at radius 2 is 1.13 bits per heavy atom. The molecule has 0 unspecified atom stereocenters. The summed E-state index contributed by atoms with van der Waals surface area (Å²) < 4.78 is 76.1. The van der Waals surface area contributed by atoms with Gasteiger partial charge in [-0.1, -0.05) is 74.0 Å². The molecule has 0 aliphatic rings. The van der Waals surface area contributed by atoms with Crippen LogP contribution in [0.4, 0.5) is 22.0 Å². The predicted molar refractivity (Wildman–Crippen MR) is 144 cm³/mol. The Bertz CT molecular complexity index is 1600. The third kappa shape index (κ3) is 5.65. The van der Waals surface area contributed by atoms with Crippen molar-refractivity contribution < 1.29 is 26.7 Å². The SMILES string of the molecule is CCCCc1ccc(-c2ccc(-c3cc(F)c(OCc4ccc5c(F)c(F)c(F)cc5c4)c(F)c3)cc2)cc1. The first-order valence-corrected chi connectivity index (χ1v) is 12.7. The fraction of sp³-hybridized carbons (Fsp3) is 0.152. The number of benzene rings is 5. The fourth-order valence-corrected chi connectivity index (χ4v) is 4.56. The van der Waals surface area contributed by atoms with Crippen LogP contribution in [0.15, 0.2) is 84.9 Å². The molecule has 5 aromatic rings. The van der Waals surface area contributed by atoms with E-state index in [1.54, 1.807) is 0 Å². The first-order valence-electron chi connectivity index (χ1n) is 12.7. The second kappa shape index (κ2) is 11.3. The Hall–Kier alpha value is -4.19. The zero-order valence-electron chi connectivity index (χ0n) is 21.2. The van der Waals surface area contributed by atoms with Gasteiger partial charge in [-0.05, 0) is 75.9 Å². The van der Waals surface area contributed by atoms with E-state index in [2.05, 4.69) is 31.2 Å². The lowest BCUT2D eigenvalue weighted by atomic mass is 9.98. The summed E-state index contributed by atoms with van der Waals surface area (Å²) in [6, 6.07) is 23.2. The Labute approximate surface area is 223 Å². The van der Waals surface area contributed by atoms with Crippen molar-refractivity contribution in [1.82, 2.24) is 0 Å². The molecule has 39 heavy (non-hydrogen) atoms. The molecule has 0 bridgehead atoms. The molecule has 0 aliphatic heterocycles. The summed E-state index contributed by atoms with van der Waals surface area (Å²) in [6.07, 6.45) is 3.35. The molecule has 0 saturated heterocycles. The summed E-state index contributed by atoms with van der Waals surface area (Å²) >= 11 is 0. The van der Waals surface area contributed by atoms with Crippen molar-refractivity contribution >= 4 is 10.8 Å². The fourth-order valence-electron chi connectivity index (χ4n) is 4.56. The number of halogens is 5. The van der Waals surface area contributed by atoms with Gasteiger partial charge in [-0.3, -0.25) is 0 Å². The highest BCUT2D eigenvalue weighted by Crippen LogP contribution is 2.32. The summed E-state index contributed by atoms with van der Waals surface area (Å²) in [5, 5.41) is 0.00838. The third-order valence-electron chi connectivity index (χ3n) is 6.74. The normalized spacial score (nSPS) is 11.2. The van der Waals surface area contributed by atoms with Gasteiger partial charge in [0.2, 0.25) is 0 Å². The third-order valence-corrected chi connectivity index (χ3v) is 6.74. The van der Waals surface area contributed by atoms with E-state index in [-0.39, 0.29) is 17.4 Å². The van der Waals surface area contributed by atoms with Crippen LogP contribution in [0.1, 0.15) is 30.9 Å². The minimum absolute atomic E-state index is 0.102. The van der Waals surface area contributed by atoms with Crippen molar-refractivity contribution in [1.29, 1.82) is 0 Å². The largest absolute Gasteiger partial charge is 0.483 e. The van der Waals surface area contributed by atoms with Gasteiger partial charge in [-0.15, -0.1) is 0 Å². The minimum atomic E-state index is -1.55. The van der Waals surface area contributed by atoms with Crippen LogP contribution in [0.3, 0.4) is 0 Å². The molecule has 5 aromatic carbocycles. The molecule has 0 aromatic heterocycles. The molecule has 5 rings (SSSR count). The molecule has 0 N–H and O–H groups in total. The van der Waals surface area contributed by atoms with E-state index in [4.69, 9.17) is 4.74 Å². The van der Waals surface area contributed by atoms with Gasteiger partial charge in [0.1, 0.15) is 6.61 Å². The van der Waals surface area contributed by atoms with E-state index >= 15 is 0 Å². The summed E-state index contributed by atoms with van der Waals surface area (Å²) in [5.74, 6) is -6.48. The number of rotatable bonds is 8. The molecular formula is C33H25F5O. The maximum atomic E-state index is 14.9. The molecule has 0 amide bonds. The Kier molecular flexibility index (Phi) is 7.64. The Balaban J connectivity index is 1.31. The van der Waals surface area contributed by atoms with Crippen LogP contribution in [-0.2, 0) is 13.0 Å². The number of fused-ring (bicyclic) bond motifs is 1. The smallest absolute Gasteiger partial charge is 0.195 e. The van der Waals surface area contributed by atoms with Crippen molar-refractivity contribution in [2.75, 3.05) is 0 Å². The topological polar surface area (TPSA) is 9.23 Å². The van der Waals surface area contributed by atoms with Crippen LogP contribution in [-0.4, -0.2) is 0 Å². The zero-order valence-corrected chi connectivity index (χ0v) is 21.2. The van der Waals surface area contributed by atoms with E-state index in [0.717, 1.165) is 36.5 Å². The molecule has 0 atom stereocenters. The van der Waals surface area contributed by atoms with Gasteiger partial charge < -0.3 is 4.74 Å². The highest BCUT2D eigenvalue weighted by Gasteiger charge is 2.16. The molecule has 1 nitrogen and oxygen atoms in total. The second-order valence-electron chi connectivity index (χ2n) is 9.48. The standard InChI is InChI=1S/C33H25F5O/c1-2-3-4-20-5-8-22(9-6-20)23-10-12-24(13-11-23)25-16-29(35)33(30(36)17-25)39-19-21-7-14-27-26(15-21)18-28(34)32(38)31(27)37/h5-18H,2-4,19H2,1H3. The number of hydrogen-bond donors (Lipinski definition) is 0. The second-order valence-corrected chi connectivity index (χ2v) is 9.48. The molecule has 198 valence electrons. The maximum Gasteiger partial charge on any atom is 0.195 e. The monoisotopic (exact) mass is 532 g/mol. The first-order chi connectivity index (χ1) is 18.8. The lowest BCUT2D eigenvalue weighted by Gasteiger charge is -2.12. The van der Waals surface area contributed by atoms with Crippen molar-refractivity contribution in [3.63, 3.8) is 0 Å². The van der Waals surface area contributed by atoms with Crippen molar-refractivity contribution in [2.24, 2.45) is 0 Å². The zero-order chi connectivity index (χ0) is 27.5. The number of aryl methyl sites for hydroxylation is 1. The molecule has 0 saturated carbocycles. The van der Waals surface area contributed by atoms with Crippen LogP contribution in [0.25, 0.3) is 33.0 Å². The van der Waals surface area contributed by atoms with Gasteiger partial charge in [0.05, 0.1) is 0 Å². The van der Waals surface area contributed by atoms with Crippen LogP contribution < -0.4 is 4.74 Å². The molecular weight excluding hydrogens is 507 g/mol. The van der Waals surface area contributed by atoms with E-state index in [9.17, 15) is 22.0 Å². The molecule has 0 heterocycles. The van der Waals surface area contributed by atoms with Gasteiger partial charge >= 0.3 is 0 Å². The summed E-state index contributed by atoms with van der Waals surface area (Å²) in [4.78, 5) is 0. The van der Waals surface area contributed by atoms with Gasteiger partial charge in [0.25, 0.3) is 0 Å². The summed E-state index contributed by atoms with van der Waals surface area (Å²) in [5.41, 5.74) is 4.77. The predicted octanol–water partition coefficient (Wildman–Crippen LogP) is 9.79. The molecule has 0 aliphatic carbocycles. The Morgan fingerprint density at radius 1 is 0.564 bits per heavy atom. The van der Waals surface area contributed by atoms with Gasteiger partial charge in [-0.25, -0.2) is 22.0 Å². The average molecular weight is 533 g/mol. The average Bonchev–Trinajstić information content (AvgIpc) is 2.94. The molecule has 0 fully saturated rings. The lowest BCUT2D eigenvalue weighted by Crippen LogP contribution is -2.01. The van der Waals surface area contributed by atoms with E-state index in [1.165, 1.54) is 35.9 Å². The quantitative estimate of drug-likeness (QED) is 0.143. The number of ether oxygens (including phenoxy) is 1. The summed E-state index contributed by atoms with van der Waals surface area (Å²) in [7, 11) is 0. The van der Waals surface area contributed by atoms with Gasteiger partial charge in [0.15, 0.2) is 34.8 Å². The van der Waals surface area contributed by atoms with Crippen molar-refractivity contribution in [3.05, 3.63) is 125 Å². The van der Waals surface area contributed by atoms with Crippen LogP contribution in [0.5, 0.6) is 5.75 Å². The molecule has 0 radical (unpaired) electrons. The van der Waals surface area contributed by atoms with Gasteiger partial charge in [0, 0.05) is 5.39 Å². The van der Waals surface area contributed by atoms with Crippen molar-refractivity contribution in [3.8, 4) is 28.0 Å². The summed E-state index contributed by atoms with van der Waals surface area (Å²) in [6.45, 7) is 1.91.